The molecule has 2 aliphatic carbocycles. The van der Waals surface area contributed by atoms with E-state index >= 15 is 0 Å². The monoisotopic (exact) mass is 968 g/mol. The Bertz CT molecular complexity index is 4160. The smallest absolute Gasteiger partial charge is 0.0723 e. The Morgan fingerprint density at radius 2 is 0.816 bits per heavy atom. The molecule has 0 fully saturated rings. The molecule has 0 radical (unpaired) electrons. The van der Waals surface area contributed by atoms with Crippen LogP contribution < -0.4 is 4.90 Å². The lowest BCUT2D eigenvalue weighted by Crippen LogP contribution is -2.26. The summed E-state index contributed by atoms with van der Waals surface area (Å²) >= 11 is 0. The Kier molecular flexibility index (Phi) is 10.8. The average Bonchev–Trinajstić information content (AvgIpc) is 4.16. The van der Waals surface area contributed by atoms with Crippen LogP contribution in [0.5, 0.6) is 0 Å². The number of hydrogen-bond acceptors (Lipinski definition) is 1. The van der Waals surface area contributed by atoms with Crippen molar-refractivity contribution in [2.45, 2.75) is 12.3 Å². The highest BCUT2D eigenvalue weighted by Gasteiger charge is 2.53. The Labute approximate surface area is 444 Å². The third-order valence-electron chi connectivity index (χ3n) is 16.0. The highest BCUT2D eigenvalue weighted by molar-refractivity contribution is 6.12. The Balaban J connectivity index is 0.881. The Hall–Kier alpha value is -9.76. The zero-order chi connectivity index (χ0) is 50.7. The molecular weight excluding hydrogens is 917 g/mol. The molecule has 2 nitrogen and oxygen atoms in total. The van der Waals surface area contributed by atoms with E-state index in [1.807, 2.05) is 6.08 Å². The highest BCUT2D eigenvalue weighted by atomic mass is 15.1. The number of allylic oxidation sites excluding steroid dienone is 5. The van der Waals surface area contributed by atoms with Gasteiger partial charge in [0.25, 0.3) is 0 Å². The fraction of sp³-hybridized carbons (Fsp3) is 0.0270. The minimum Gasteiger partial charge on any atom is -0.310 e. The van der Waals surface area contributed by atoms with Crippen LogP contribution in [0.1, 0.15) is 29.2 Å². The second-order valence-electron chi connectivity index (χ2n) is 19.9. The summed E-state index contributed by atoms with van der Waals surface area (Å²) in [6, 6.07) is 98.1. The minimum atomic E-state index is -0.490. The molecule has 2 heteroatoms. The molecular formula is C74H52N2. The van der Waals surface area contributed by atoms with Crippen LogP contribution in [-0.2, 0) is 5.41 Å². The van der Waals surface area contributed by atoms with E-state index in [0.717, 1.165) is 33.9 Å². The topological polar surface area (TPSA) is 8.17 Å². The lowest BCUT2D eigenvalue weighted by Gasteiger charge is -2.32. The summed E-state index contributed by atoms with van der Waals surface area (Å²) in [5, 5.41) is 2.47. The summed E-state index contributed by atoms with van der Waals surface area (Å²) in [6.45, 7) is 6.36. The van der Waals surface area contributed by atoms with Gasteiger partial charge in [-0.2, -0.15) is 0 Å². The van der Waals surface area contributed by atoms with Crippen LogP contribution in [0.3, 0.4) is 0 Å². The van der Waals surface area contributed by atoms with Gasteiger partial charge in [0.2, 0.25) is 0 Å². The van der Waals surface area contributed by atoms with Crippen LogP contribution in [0.15, 0.2) is 297 Å². The fourth-order valence-corrected chi connectivity index (χ4v) is 12.7. The number of aromatic nitrogens is 1. The molecule has 358 valence electrons. The fourth-order valence-electron chi connectivity index (χ4n) is 12.7. The highest BCUT2D eigenvalue weighted by Crippen LogP contribution is 2.65. The standard InChI is InChI=1S/C74H52N2/c1-3-19-61-62-26-14-16-28-67(62)74(66(61)4-2)68-29-17-15-27-63(68)73-69(74)30-18-31-72(73)75(58-40-32-53(33-41-58)50-20-8-5-9-21-50)59-42-34-54(35-43-59)55-36-44-60(45-37-55)76-70-46-38-56(51-22-10-6-11-23-51)48-64(70)65-49-57(39-47-71(65)76)52-24-12-7-13-25-52/h3-49H,1H2,2H3/b61-19?,66-4+. The second kappa shape index (κ2) is 18.3. The predicted octanol–water partition coefficient (Wildman–Crippen LogP) is 19.8. The van der Waals surface area contributed by atoms with Gasteiger partial charge in [0.05, 0.1) is 22.1 Å². The van der Waals surface area contributed by atoms with E-state index in [4.69, 9.17) is 0 Å². The van der Waals surface area contributed by atoms with Gasteiger partial charge >= 0.3 is 0 Å². The number of anilines is 3. The lowest BCUT2D eigenvalue weighted by atomic mass is 9.70. The van der Waals surface area contributed by atoms with Gasteiger partial charge in [-0.15, -0.1) is 0 Å². The van der Waals surface area contributed by atoms with Crippen LogP contribution in [0.4, 0.5) is 17.1 Å². The molecule has 1 aromatic heterocycles. The summed E-state index contributed by atoms with van der Waals surface area (Å²) in [5.41, 5.74) is 26.0. The zero-order valence-electron chi connectivity index (χ0n) is 42.2. The van der Waals surface area contributed by atoms with Gasteiger partial charge in [0.1, 0.15) is 0 Å². The van der Waals surface area contributed by atoms with Gasteiger partial charge in [-0.05, 0) is 157 Å². The predicted molar refractivity (Wildman–Crippen MR) is 321 cm³/mol. The van der Waals surface area contributed by atoms with E-state index < -0.39 is 5.41 Å². The van der Waals surface area contributed by atoms with Crippen molar-refractivity contribution in [3.05, 3.63) is 320 Å². The van der Waals surface area contributed by atoms with Crippen LogP contribution in [0.2, 0.25) is 0 Å². The van der Waals surface area contributed by atoms with E-state index in [1.165, 1.54) is 99.7 Å². The molecule has 0 saturated carbocycles. The van der Waals surface area contributed by atoms with Gasteiger partial charge in [0.15, 0.2) is 0 Å². The molecule has 11 aromatic carbocycles. The molecule has 14 rings (SSSR count). The van der Waals surface area contributed by atoms with Crippen LogP contribution in [-0.4, -0.2) is 4.57 Å². The van der Waals surface area contributed by atoms with Crippen molar-refractivity contribution in [3.8, 4) is 61.3 Å². The second-order valence-corrected chi connectivity index (χ2v) is 19.9. The molecule has 1 unspecified atom stereocenters. The number of hydrogen-bond donors (Lipinski definition) is 0. The summed E-state index contributed by atoms with van der Waals surface area (Å²) in [7, 11) is 0. The molecule has 0 aliphatic heterocycles. The van der Waals surface area contributed by atoms with Crippen LogP contribution in [0, 0.1) is 0 Å². The zero-order valence-corrected chi connectivity index (χ0v) is 42.2. The Morgan fingerprint density at radius 3 is 1.33 bits per heavy atom. The maximum atomic E-state index is 4.17. The molecule has 0 saturated heterocycles. The summed E-state index contributed by atoms with van der Waals surface area (Å²) < 4.78 is 2.42. The Morgan fingerprint density at radius 1 is 0.395 bits per heavy atom. The summed E-state index contributed by atoms with van der Waals surface area (Å²) in [4.78, 5) is 2.46. The molecule has 2 aliphatic rings. The van der Waals surface area contributed by atoms with Crippen molar-refractivity contribution in [3.63, 3.8) is 0 Å². The molecule has 1 heterocycles. The van der Waals surface area contributed by atoms with E-state index in [9.17, 15) is 0 Å². The molecule has 0 bridgehead atoms. The van der Waals surface area contributed by atoms with Crippen molar-refractivity contribution in [1.29, 1.82) is 0 Å². The third-order valence-corrected chi connectivity index (χ3v) is 16.0. The third kappa shape index (κ3) is 7.02. The van der Waals surface area contributed by atoms with Crippen LogP contribution in [0.25, 0.3) is 88.7 Å². The molecule has 0 N–H and O–H groups in total. The van der Waals surface area contributed by atoms with Crippen molar-refractivity contribution < 1.29 is 0 Å². The number of fused-ring (bicyclic) bond motifs is 10. The van der Waals surface area contributed by atoms with Crippen molar-refractivity contribution in [2.75, 3.05) is 4.90 Å². The first-order valence-electron chi connectivity index (χ1n) is 26.3. The van der Waals surface area contributed by atoms with Crippen molar-refractivity contribution in [2.24, 2.45) is 0 Å². The minimum absolute atomic E-state index is 0.490. The van der Waals surface area contributed by atoms with Gasteiger partial charge in [-0.25, -0.2) is 0 Å². The SMILES string of the molecule is C=CC=C1/C(=C\C)C2(c3ccccc31)c1ccccc1-c1c(N(c3ccc(-c4ccccc4)cc3)c3ccc(-c4ccc(-n5c6ccc(-c7ccccc7)cc6c6cc(-c7ccccc7)ccc65)cc4)cc3)cccc12. The molecule has 0 amide bonds. The first-order chi connectivity index (χ1) is 37.6. The molecule has 1 spiro atoms. The average molecular weight is 969 g/mol. The maximum Gasteiger partial charge on any atom is 0.0723 e. The van der Waals surface area contributed by atoms with Crippen molar-refractivity contribution in [1.82, 2.24) is 4.57 Å². The number of nitrogens with zero attached hydrogens (tertiary/aromatic N) is 2. The van der Waals surface area contributed by atoms with Gasteiger partial charge in [0, 0.05) is 33.4 Å². The van der Waals surface area contributed by atoms with E-state index in [1.54, 1.807) is 0 Å². The van der Waals surface area contributed by atoms with Gasteiger partial charge in [-0.3, -0.25) is 0 Å². The summed E-state index contributed by atoms with van der Waals surface area (Å²) in [6.07, 6.45) is 6.45. The largest absolute Gasteiger partial charge is 0.310 e. The normalized spacial score (nSPS) is 15.3. The molecule has 12 aromatic rings. The summed E-state index contributed by atoms with van der Waals surface area (Å²) in [5.74, 6) is 0. The first kappa shape index (κ1) is 44.9. The van der Waals surface area contributed by atoms with E-state index in [-0.39, 0.29) is 0 Å². The van der Waals surface area contributed by atoms with E-state index in [2.05, 4.69) is 302 Å². The first-order valence-corrected chi connectivity index (χ1v) is 26.3. The van der Waals surface area contributed by atoms with E-state index in [0.29, 0.717) is 0 Å². The van der Waals surface area contributed by atoms with Gasteiger partial charge < -0.3 is 9.47 Å². The van der Waals surface area contributed by atoms with Crippen molar-refractivity contribution >= 4 is 44.4 Å². The molecule has 1 atom stereocenters. The number of rotatable bonds is 9. The van der Waals surface area contributed by atoms with Gasteiger partial charge in [-0.1, -0.05) is 225 Å². The molecule has 76 heavy (non-hydrogen) atoms. The quantitative estimate of drug-likeness (QED) is 0.140. The van der Waals surface area contributed by atoms with Crippen LogP contribution >= 0.6 is 0 Å². The number of benzene rings is 11. The maximum absolute atomic E-state index is 4.17. The lowest BCUT2D eigenvalue weighted by molar-refractivity contribution is 0.793.